The van der Waals surface area contributed by atoms with Crippen molar-refractivity contribution in [1.82, 2.24) is 4.57 Å². The molecule has 0 amide bonds. The molecule has 0 fully saturated rings. The summed E-state index contributed by atoms with van der Waals surface area (Å²) in [4.78, 5) is 0. The van der Waals surface area contributed by atoms with Crippen LogP contribution in [0.15, 0.2) is 36.5 Å². The summed E-state index contributed by atoms with van der Waals surface area (Å²) in [5.74, 6) is 0.913. The molecule has 0 bridgehead atoms. The average molecular weight is 239 g/mol. The highest BCUT2D eigenvalue weighted by molar-refractivity contribution is 6.09. The third-order valence-electron chi connectivity index (χ3n) is 3.45. The molecule has 0 spiro atoms. The minimum Gasteiger partial charge on any atom is -0.479 e. The molecule has 0 saturated carbocycles. The van der Waals surface area contributed by atoms with Crippen LogP contribution < -0.4 is 4.74 Å². The number of ether oxygens (including phenoxy) is 1. The van der Waals surface area contributed by atoms with Gasteiger partial charge in [0, 0.05) is 19.3 Å². The average Bonchev–Trinajstić information content (AvgIpc) is 2.81. The van der Waals surface area contributed by atoms with Crippen LogP contribution in [0, 0.1) is 6.92 Å². The van der Waals surface area contributed by atoms with E-state index in [1.807, 2.05) is 18.5 Å². The molecule has 0 aliphatic heterocycles. The lowest BCUT2D eigenvalue weighted by atomic mass is 10.0. The Balaban J connectivity index is 2.40. The van der Waals surface area contributed by atoms with Crippen LogP contribution in [0.2, 0.25) is 0 Å². The van der Waals surface area contributed by atoms with Gasteiger partial charge in [-0.15, -0.1) is 0 Å². The monoisotopic (exact) mass is 239 g/mol. The van der Waals surface area contributed by atoms with Gasteiger partial charge in [-0.3, -0.25) is 0 Å². The van der Waals surface area contributed by atoms with Gasteiger partial charge in [-0.2, -0.15) is 0 Å². The van der Waals surface area contributed by atoms with Crippen LogP contribution in [-0.4, -0.2) is 11.2 Å². The number of hydrogen-bond donors (Lipinski definition) is 0. The molecule has 0 radical (unpaired) electrons. The van der Waals surface area contributed by atoms with Crippen molar-refractivity contribution >= 4 is 21.5 Å². The summed E-state index contributed by atoms with van der Waals surface area (Å²) in [7, 11) is 2.02. The van der Waals surface area contributed by atoms with Crippen LogP contribution in [-0.2, 0) is 7.05 Å². The topological polar surface area (TPSA) is 14.2 Å². The highest BCUT2D eigenvalue weighted by Gasteiger charge is 2.07. The predicted molar refractivity (Wildman–Crippen MR) is 76.3 cm³/mol. The number of rotatable bonds is 2. The third kappa shape index (κ3) is 1.57. The molecule has 2 nitrogen and oxygen atoms in total. The van der Waals surface area contributed by atoms with Crippen LogP contribution in [0.3, 0.4) is 0 Å². The van der Waals surface area contributed by atoms with Crippen LogP contribution >= 0.6 is 0 Å². The van der Waals surface area contributed by atoms with Gasteiger partial charge in [0.2, 0.25) is 0 Å². The van der Waals surface area contributed by atoms with Crippen molar-refractivity contribution in [3.05, 3.63) is 42.1 Å². The van der Waals surface area contributed by atoms with E-state index in [2.05, 4.69) is 43.5 Å². The Kier molecular flexibility index (Phi) is 2.51. The summed E-state index contributed by atoms with van der Waals surface area (Å²) in [5.41, 5.74) is 1.33. The van der Waals surface area contributed by atoms with Gasteiger partial charge in [0.1, 0.15) is 0 Å². The number of nitrogens with zero attached hydrogens (tertiary/aromatic N) is 1. The van der Waals surface area contributed by atoms with Crippen molar-refractivity contribution < 1.29 is 4.74 Å². The van der Waals surface area contributed by atoms with Crippen molar-refractivity contribution in [3.63, 3.8) is 0 Å². The first-order chi connectivity index (χ1) is 8.70. The SMILES string of the molecule is CCOc1cc2c(cc(C)c3cccc32)cn1C. The quantitative estimate of drug-likeness (QED) is 0.658. The van der Waals surface area contributed by atoms with E-state index in [-0.39, 0.29) is 0 Å². The fourth-order valence-corrected chi connectivity index (χ4v) is 2.60. The lowest BCUT2D eigenvalue weighted by molar-refractivity contribution is 0.313. The van der Waals surface area contributed by atoms with E-state index in [0.29, 0.717) is 6.61 Å². The zero-order valence-corrected chi connectivity index (χ0v) is 11.0. The van der Waals surface area contributed by atoms with E-state index < -0.39 is 0 Å². The highest BCUT2D eigenvalue weighted by Crippen LogP contribution is 2.31. The van der Waals surface area contributed by atoms with Crippen LogP contribution in [0.5, 0.6) is 5.88 Å². The Hall–Kier alpha value is -1.96. The van der Waals surface area contributed by atoms with E-state index in [1.165, 1.54) is 27.1 Å². The molecule has 1 aromatic heterocycles. The van der Waals surface area contributed by atoms with Gasteiger partial charge in [-0.25, -0.2) is 0 Å². The maximum Gasteiger partial charge on any atom is 0.193 e. The molecule has 0 atom stereocenters. The zero-order valence-electron chi connectivity index (χ0n) is 11.0. The number of benzene rings is 1. The first-order valence-electron chi connectivity index (χ1n) is 6.32. The molecule has 1 heterocycles. The summed E-state index contributed by atoms with van der Waals surface area (Å²) in [6, 6.07) is 10.9. The first kappa shape index (κ1) is 11.1. The predicted octanol–water partition coefficient (Wildman–Crippen LogP) is 4.04. The molecular weight excluding hydrogens is 222 g/mol. The maximum atomic E-state index is 5.66. The van der Waals surface area contributed by atoms with Crippen LogP contribution in [0.4, 0.5) is 0 Å². The number of fused-ring (bicyclic) bond motifs is 3. The summed E-state index contributed by atoms with van der Waals surface area (Å²) < 4.78 is 7.71. The fourth-order valence-electron chi connectivity index (χ4n) is 2.60. The van der Waals surface area contributed by atoms with Crippen molar-refractivity contribution in [2.24, 2.45) is 7.05 Å². The second-order valence-electron chi connectivity index (χ2n) is 4.71. The molecule has 2 heteroatoms. The zero-order chi connectivity index (χ0) is 12.7. The Labute approximate surface area is 107 Å². The first-order valence-corrected chi connectivity index (χ1v) is 6.32. The van der Waals surface area contributed by atoms with Gasteiger partial charge in [0.05, 0.1) is 6.61 Å². The second kappa shape index (κ2) is 4.05. The van der Waals surface area contributed by atoms with E-state index in [0.717, 1.165) is 5.88 Å². The molecule has 3 rings (SSSR count). The van der Waals surface area contributed by atoms with Crippen LogP contribution in [0.1, 0.15) is 12.5 Å². The standard InChI is InChI=1S/C16H17NO/c1-4-18-16-9-15-12(10-17(16)3)8-11(2)13-6-5-7-14(13)15/h5-10H,4H2,1-3H3. The molecule has 92 valence electrons. The second-order valence-corrected chi connectivity index (χ2v) is 4.71. The fraction of sp³-hybridized carbons (Fsp3) is 0.250. The molecule has 0 unspecified atom stereocenters. The molecule has 0 saturated heterocycles. The third-order valence-corrected chi connectivity index (χ3v) is 3.45. The molecule has 0 N–H and O–H groups in total. The largest absolute Gasteiger partial charge is 0.479 e. The molecule has 18 heavy (non-hydrogen) atoms. The van der Waals surface area contributed by atoms with Crippen molar-refractivity contribution in [2.45, 2.75) is 13.8 Å². The van der Waals surface area contributed by atoms with Crippen molar-refractivity contribution in [1.29, 1.82) is 0 Å². The normalized spacial score (nSPS) is 11.3. The Morgan fingerprint density at radius 1 is 1.11 bits per heavy atom. The highest BCUT2D eigenvalue weighted by atomic mass is 16.5. The minimum absolute atomic E-state index is 0.690. The Morgan fingerprint density at radius 3 is 2.67 bits per heavy atom. The number of aromatic nitrogens is 1. The molecule has 3 aromatic rings. The summed E-state index contributed by atoms with van der Waals surface area (Å²) in [5, 5.41) is 5.17. The van der Waals surface area contributed by atoms with Gasteiger partial charge in [0.15, 0.2) is 5.88 Å². The van der Waals surface area contributed by atoms with Crippen molar-refractivity contribution in [2.75, 3.05) is 6.61 Å². The van der Waals surface area contributed by atoms with E-state index in [1.54, 1.807) is 0 Å². The minimum atomic E-state index is 0.690. The van der Waals surface area contributed by atoms with E-state index >= 15 is 0 Å². The Bertz CT molecular complexity index is 725. The molecule has 0 aliphatic rings. The Morgan fingerprint density at radius 2 is 1.89 bits per heavy atom. The molecule has 0 aliphatic carbocycles. The lowest BCUT2D eigenvalue weighted by Crippen LogP contribution is -2.01. The molecular formula is C16H17NO. The van der Waals surface area contributed by atoms with Gasteiger partial charge < -0.3 is 9.30 Å². The summed E-state index contributed by atoms with van der Waals surface area (Å²) >= 11 is 0. The van der Waals surface area contributed by atoms with E-state index in [4.69, 9.17) is 4.74 Å². The van der Waals surface area contributed by atoms with Gasteiger partial charge in [-0.1, -0.05) is 18.2 Å². The molecule has 2 aromatic carbocycles. The summed E-state index contributed by atoms with van der Waals surface area (Å²) in [6.45, 7) is 4.87. The smallest absolute Gasteiger partial charge is 0.193 e. The lowest BCUT2D eigenvalue weighted by Gasteiger charge is -2.12. The number of hydrogen-bond acceptors (Lipinski definition) is 1. The van der Waals surface area contributed by atoms with Gasteiger partial charge in [-0.05, 0) is 47.0 Å². The maximum absolute atomic E-state index is 5.66. The van der Waals surface area contributed by atoms with Crippen molar-refractivity contribution in [3.8, 4) is 5.88 Å². The number of pyridine rings is 1. The van der Waals surface area contributed by atoms with E-state index in [9.17, 15) is 0 Å². The van der Waals surface area contributed by atoms with Gasteiger partial charge in [0.25, 0.3) is 0 Å². The van der Waals surface area contributed by atoms with Crippen LogP contribution in [0.25, 0.3) is 21.5 Å². The number of aryl methyl sites for hydroxylation is 2. The van der Waals surface area contributed by atoms with Gasteiger partial charge >= 0.3 is 0 Å². The summed E-state index contributed by atoms with van der Waals surface area (Å²) in [6.07, 6.45) is 2.14.